The molecule has 0 saturated heterocycles. The molecule has 1 heterocycles. The molecular weight excluding hydrogens is 266 g/mol. The molecule has 2 rings (SSSR count). The van der Waals surface area contributed by atoms with Crippen molar-refractivity contribution in [3.8, 4) is 5.75 Å². The highest BCUT2D eigenvalue weighted by molar-refractivity contribution is 6.02. The van der Waals surface area contributed by atoms with Crippen LogP contribution in [0, 0.1) is 0 Å². The van der Waals surface area contributed by atoms with E-state index in [1.807, 2.05) is 12.1 Å². The third-order valence-electron chi connectivity index (χ3n) is 2.43. The maximum Gasteiger partial charge on any atom is 0.178 e. The number of carbonyl (C=O) groups excluding carboxylic acids is 1. The Morgan fingerprint density at radius 2 is 1.67 bits per heavy atom. The van der Waals surface area contributed by atoms with Crippen LogP contribution in [0.25, 0.3) is 6.08 Å². The fourth-order valence-corrected chi connectivity index (χ4v) is 1.47. The monoisotopic (exact) mass is 279 g/mol. The third-order valence-corrected chi connectivity index (χ3v) is 2.43. The first kappa shape index (κ1) is 14.3. The lowest BCUT2D eigenvalue weighted by molar-refractivity contribution is -0.110. The summed E-state index contributed by atoms with van der Waals surface area (Å²) in [6.07, 6.45) is 14.7. The Morgan fingerprint density at radius 1 is 0.857 bits per heavy atom. The molecule has 5 nitrogen and oxygen atoms in total. The Morgan fingerprint density at radius 3 is 2.62 bits per heavy atom. The second kappa shape index (κ2) is 8.16. The molecule has 0 saturated carbocycles. The summed E-state index contributed by atoms with van der Waals surface area (Å²) in [5.41, 5.74) is 0.727. The molecule has 0 spiro atoms. The molecule has 1 aromatic rings. The van der Waals surface area contributed by atoms with Crippen molar-refractivity contribution in [3.05, 3.63) is 72.4 Å². The van der Waals surface area contributed by atoms with Crippen LogP contribution in [-0.2, 0) is 4.79 Å². The van der Waals surface area contributed by atoms with Crippen LogP contribution in [-0.4, -0.2) is 12.0 Å². The molecule has 1 aliphatic rings. The number of para-hydroxylation sites is 1. The van der Waals surface area contributed by atoms with Gasteiger partial charge in [-0.05, 0) is 35.6 Å². The minimum absolute atomic E-state index is 0.117. The average Bonchev–Trinajstić information content (AvgIpc) is 2.50. The van der Waals surface area contributed by atoms with Crippen LogP contribution < -0.4 is 4.84 Å². The molecule has 0 N–H and O–H groups in total. The Kier molecular flexibility index (Phi) is 5.57. The molecule has 0 radical (unpaired) electrons. The molecule has 5 heteroatoms. The number of hydrogen-bond donors (Lipinski definition) is 0. The smallest absolute Gasteiger partial charge is 0.178 e. The zero-order valence-corrected chi connectivity index (χ0v) is 11.2. The number of ketones is 1. The standard InChI is InChI=1S/C16H13N3O2/c20-15-9-4-2-1-3-7-13-17-18-19-21-16-10-6-5-8-14(16)11-12-15/h1-13H. The summed E-state index contributed by atoms with van der Waals surface area (Å²) < 4.78 is 0. The summed E-state index contributed by atoms with van der Waals surface area (Å²) in [5, 5.41) is 10.7. The van der Waals surface area contributed by atoms with Crippen molar-refractivity contribution >= 4 is 18.1 Å². The van der Waals surface area contributed by atoms with E-state index in [9.17, 15) is 4.79 Å². The minimum Gasteiger partial charge on any atom is -0.337 e. The lowest BCUT2D eigenvalue weighted by Gasteiger charge is -2.00. The number of allylic oxidation sites excluding steroid dienone is 7. The van der Waals surface area contributed by atoms with Gasteiger partial charge in [-0.15, -0.1) is 5.10 Å². The fraction of sp³-hybridized carbons (Fsp3) is 0. The Balaban J connectivity index is 2.28. The van der Waals surface area contributed by atoms with Crippen molar-refractivity contribution < 1.29 is 9.63 Å². The van der Waals surface area contributed by atoms with Gasteiger partial charge < -0.3 is 4.84 Å². The highest BCUT2D eigenvalue weighted by atomic mass is 16.6. The fourth-order valence-electron chi connectivity index (χ4n) is 1.47. The topological polar surface area (TPSA) is 63.4 Å². The normalized spacial score (nSPS) is 15.0. The number of rotatable bonds is 0. The van der Waals surface area contributed by atoms with E-state index in [1.165, 1.54) is 18.4 Å². The molecule has 104 valence electrons. The van der Waals surface area contributed by atoms with Gasteiger partial charge in [0.1, 0.15) is 0 Å². The van der Waals surface area contributed by atoms with Gasteiger partial charge in [-0.3, -0.25) is 4.79 Å². The zero-order chi connectivity index (χ0) is 14.8. The lowest BCUT2D eigenvalue weighted by Crippen LogP contribution is -1.87. The third kappa shape index (κ3) is 5.20. The van der Waals surface area contributed by atoms with Crippen LogP contribution in [0.5, 0.6) is 5.75 Å². The van der Waals surface area contributed by atoms with Crippen LogP contribution in [0.3, 0.4) is 0 Å². The molecule has 1 aromatic carbocycles. The van der Waals surface area contributed by atoms with E-state index in [0.717, 1.165) is 5.56 Å². The predicted molar refractivity (Wildman–Crippen MR) is 81.9 cm³/mol. The SMILES string of the molecule is O=C1C=CC=CC=CC=NN=NOc2ccccc2C=C1. The highest BCUT2D eigenvalue weighted by Crippen LogP contribution is 2.19. The number of carbonyl (C=O) groups is 1. The van der Waals surface area contributed by atoms with E-state index in [0.29, 0.717) is 5.75 Å². The van der Waals surface area contributed by atoms with Crippen molar-refractivity contribution in [2.45, 2.75) is 0 Å². The van der Waals surface area contributed by atoms with Crippen LogP contribution >= 0.6 is 0 Å². The van der Waals surface area contributed by atoms with Gasteiger partial charge in [-0.2, -0.15) is 0 Å². The molecule has 0 aromatic heterocycles. The Labute approximate surface area is 122 Å². The summed E-state index contributed by atoms with van der Waals surface area (Å²) >= 11 is 0. The summed E-state index contributed by atoms with van der Waals surface area (Å²) in [5.74, 6) is 0.376. The lowest BCUT2D eigenvalue weighted by atomic mass is 10.1. The second-order valence-corrected chi connectivity index (χ2v) is 3.93. The Bertz CT molecular complexity index is 668. The van der Waals surface area contributed by atoms with Gasteiger partial charge in [-0.25, -0.2) is 0 Å². The number of benzene rings is 1. The maximum absolute atomic E-state index is 11.7. The van der Waals surface area contributed by atoms with Gasteiger partial charge in [0.25, 0.3) is 0 Å². The molecule has 0 amide bonds. The zero-order valence-electron chi connectivity index (χ0n) is 11.2. The molecular formula is C16H13N3O2. The van der Waals surface area contributed by atoms with Crippen molar-refractivity contribution in [3.63, 3.8) is 0 Å². The number of hydrogen-bond acceptors (Lipinski definition) is 5. The average molecular weight is 279 g/mol. The maximum atomic E-state index is 11.7. The highest BCUT2D eigenvalue weighted by Gasteiger charge is 2.00. The van der Waals surface area contributed by atoms with Gasteiger partial charge in [0.2, 0.25) is 0 Å². The molecule has 0 bridgehead atoms. The predicted octanol–water partition coefficient (Wildman–Crippen LogP) is 3.68. The molecule has 21 heavy (non-hydrogen) atoms. The van der Waals surface area contributed by atoms with E-state index >= 15 is 0 Å². The van der Waals surface area contributed by atoms with E-state index < -0.39 is 0 Å². The molecule has 1 aliphatic heterocycles. The first-order chi connectivity index (χ1) is 10.4. The summed E-state index contributed by atoms with van der Waals surface area (Å²) in [6, 6.07) is 7.19. The molecule has 0 fully saturated rings. The first-order valence-electron chi connectivity index (χ1n) is 6.28. The van der Waals surface area contributed by atoms with E-state index in [2.05, 4.69) is 15.6 Å². The minimum atomic E-state index is -0.117. The van der Waals surface area contributed by atoms with Crippen molar-refractivity contribution in [2.75, 3.05) is 0 Å². The van der Waals surface area contributed by atoms with Gasteiger partial charge in [0.05, 0.1) is 11.5 Å². The van der Waals surface area contributed by atoms with Crippen LogP contribution in [0.15, 0.2) is 82.4 Å². The van der Waals surface area contributed by atoms with Gasteiger partial charge in [0.15, 0.2) is 11.5 Å². The Hall–Kier alpha value is -3.08. The summed E-state index contributed by atoms with van der Waals surface area (Å²) in [4.78, 5) is 16.8. The van der Waals surface area contributed by atoms with Crippen LogP contribution in [0.4, 0.5) is 0 Å². The van der Waals surface area contributed by atoms with Crippen molar-refractivity contribution in [1.29, 1.82) is 0 Å². The van der Waals surface area contributed by atoms with Crippen molar-refractivity contribution in [1.82, 2.24) is 0 Å². The molecule has 0 unspecified atom stereocenters. The second-order valence-electron chi connectivity index (χ2n) is 3.93. The van der Waals surface area contributed by atoms with E-state index in [1.54, 1.807) is 48.6 Å². The summed E-state index contributed by atoms with van der Waals surface area (Å²) in [7, 11) is 0. The number of fused-ring (bicyclic) bond motifs is 1. The number of nitrogens with zero attached hydrogens (tertiary/aromatic N) is 3. The van der Waals surface area contributed by atoms with E-state index in [4.69, 9.17) is 4.84 Å². The van der Waals surface area contributed by atoms with Gasteiger partial charge >= 0.3 is 0 Å². The van der Waals surface area contributed by atoms with Crippen molar-refractivity contribution in [2.24, 2.45) is 15.6 Å². The van der Waals surface area contributed by atoms with Gasteiger partial charge in [-0.1, -0.05) is 42.5 Å². The summed E-state index contributed by atoms with van der Waals surface area (Å²) in [6.45, 7) is 0. The van der Waals surface area contributed by atoms with Crippen LogP contribution in [0.2, 0.25) is 0 Å². The van der Waals surface area contributed by atoms with Crippen LogP contribution in [0.1, 0.15) is 5.56 Å². The van der Waals surface area contributed by atoms with Gasteiger partial charge in [0, 0.05) is 5.56 Å². The largest absolute Gasteiger partial charge is 0.337 e. The van der Waals surface area contributed by atoms with E-state index in [-0.39, 0.29) is 5.78 Å². The molecule has 0 aliphatic carbocycles. The molecule has 0 atom stereocenters. The first-order valence-corrected chi connectivity index (χ1v) is 6.28. The quantitative estimate of drug-likeness (QED) is 0.727.